The van der Waals surface area contributed by atoms with E-state index in [0.717, 1.165) is 16.9 Å². The molecule has 0 spiro atoms. The smallest absolute Gasteiger partial charge is 0.244 e. The molecule has 0 aromatic heterocycles. The first-order valence-corrected chi connectivity index (χ1v) is 8.06. The molecule has 0 saturated carbocycles. The van der Waals surface area contributed by atoms with Gasteiger partial charge in [0.25, 0.3) is 0 Å². The van der Waals surface area contributed by atoms with Crippen molar-refractivity contribution in [2.45, 2.75) is 13.5 Å². The summed E-state index contributed by atoms with van der Waals surface area (Å²) < 4.78 is 16.0. The third kappa shape index (κ3) is 5.28. The second kappa shape index (κ2) is 9.37. The van der Waals surface area contributed by atoms with Crippen LogP contribution in [0.15, 0.2) is 48.5 Å². The molecule has 132 valence electrons. The Morgan fingerprint density at radius 1 is 1.04 bits per heavy atom. The fourth-order valence-electron chi connectivity index (χ4n) is 2.32. The van der Waals surface area contributed by atoms with Gasteiger partial charge in [0.05, 0.1) is 20.8 Å². The van der Waals surface area contributed by atoms with E-state index in [-0.39, 0.29) is 5.91 Å². The average molecular weight is 341 g/mol. The second-order valence-corrected chi connectivity index (χ2v) is 5.21. The number of methoxy groups -OCH3 is 2. The summed E-state index contributed by atoms with van der Waals surface area (Å²) in [6.45, 7) is 2.88. The van der Waals surface area contributed by atoms with Crippen molar-refractivity contribution in [3.05, 3.63) is 59.7 Å². The maximum Gasteiger partial charge on any atom is 0.244 e. The van der Waals surface area contributed by atoms with Crippen molar-refractivity contribution in [3.63, 3.8) is 0 Å². The summed E-state index contributed by atoms with van der Waals surface area (Å²) >= 11 is 0. The van der Waals surface area contributed by atoms with Crippen molar-refractivity contribution in [3.8, 4) is 17.2 Å². The van der Waals surface area contributed by atoms with E-state index < -0.39 is 0 Å². The van der Waals surface area contributed by atoms with E-state index in [0.29, 0.717) is 24.7 Å². The number of ether oxygens (including phenoxy) is 3. The summed E-state index contributed by atoms with van der Waals surface area (Å²) in [5, 5.41) is 2.84. The highest BCUT2D eigenvalue weighted by molar-refractivity contribution is 5.91. The Labute approximate surface area is 148 Å². The van der Waals surface area contributed by atoms with Crippen LogP contribution < -0.4 is 19.5 Å². The summed E-state index contributed by atoms with van der Waals surface area (Å²) in [6, 6.07) is 13.1. The Balaban J connectivity index is 1.98. The number of rotatable bonds is 8. The molecule has 0 heterocycles. The lowest BCUT2D eigenvalue weighted by Crippen LogP contribution is -2.20. The maximum absolute atomic E-state index is 12.0. The number of benzene rings is 2. The largest absolute Gasteiger partial charge is 0.496 e. The predicted octanol–water partition coefficient (Wildman–Crippen LogP) is 3.43. The van der Waals surface area contributed by atoms with E-state index >= 15 is 0 Å². The van der Waals surface area contributed by atoms with E-state index in [1.807, 2.05) is 49.4 Å². The van der Waals surface area contributed by atoms with E-state index in [1.165, 1.54) is 6.08 Å². The van der Waals surface area contributed by atoms with Gasteiger partial charge in [-0.1, -0.05) is 24.3 Å². The second-order valence-electron chi connectivity index (χ2n) is 5.21. The molecule has 2 aromatic carbocycles. The highest BCUT2D eigenvalue weighted by Crippen LogP contribution is 2.28. The minimum Gasteiger partial charge on any atom is -0.496 e. The van der Waals surface area contributed by atoms with Gasteiger partial charge in [0.2, 0.25) is 5.91 Å². The highest BCUT2D eigenvalue weighted by atomic mass is 16.5. The molecule has 1 N–H and O–H groups in total. The lowest BCUT2D eigenvalue weighted by Gasteiger charge is -2.09. The number of carbonyl (C=O) groups is 1. The van der Waals surface area contributed by atoms with Crippen LogP contribution in [0.2, 0.25) is 0 Å². The van der Waals surface area contributed by atoms with Crippen LogP contribution >= 0.6 is 0 Å². The first-order valence-electron chi connectivity index (χ1n) is 8.06. The fraction of sp³-hybridized carbons (Fsp3) is 0.250. The molecule has 0 unspecified atom stereocenters. The molecule has 0 bridgehead atoms. The lowest BCUT2D eigenvalue weighted by molar-refractivity contribution is -0.116. The quantitative estimate of drug-likeness (QED) is 0.748. The van der Waals surface area contributed by atoms with Gasteiger partial charge in [0.15, 0.2) is 11.5 Å². The molecule has 0 saturated heterocycles. The lowest BCUT2D eigenvalue weighted by atomic mass is 10.2. The normalized spacial score (nSPS) is 10.5. The molecular weight excluding hydrogens is 318 g/mol. The Kier molecular flexibility index (Phi) is 6.89. The van der Waals surface area contributed by atoms with Crippen LogP contribution in [0.3, 0.4) is 0 Å². The summed E-state index contributed by atoms with van der Waals surface area (Å²) in [7, 11) is 3.20. The fourth-order valence-corrected chi connectivity index (χ4v) is 2.32. The van der Waals surface area contributed by atoms with Crippen molar-refractivity contribution in [2.75, 3.05) is 20.8 Å². The first-order chi connectivity index (χ1) is 12.2. The van der Waals surface area contributed by atoms with Crippen molar-refractivity contribution < 1.29 is 19.0 Å². The molecule has 25 heavy (non-hydrogen) atoms. The molecule has 0 radical (unpaired) electrons. The van der Waals surface area contributed by atoms with Crippen molar-refractivity contribution >= 4 is 12.0 Å². The highest BCUT2D eigenvalue weighted by Gasteiger charge is 2.05. The molecule has 5 nitrogen and oxygen atoms in total. The minimum atomic E-state index is -0.182. The van der Waals surface area contributed by atoms with Crippen LogP contribution in [-0.4, -0.2) is 26.7 Å². The average Bonchev–Trinajstić information content (AvgIpc) is 2.65. The Morgan fingerprint density at radius 3 is 2.52 bits per heavy atom. The minimum absolute atomic E-state index is 0.182. The molecule has 0 aliphatic rings. The van der Waals surface area contributed by atoms with Gasteiger partial charge in [0, 0.05) is 18.2 Å². The third-order valence-electron chi connectivity index (χ3n) is 3.56. The number of carbonyl (C=O) groups excluding carboxylic acids is 1. The van der Waals surface area contributed by atoms with Gasteiger partial charge in [-0.25, -0.2) is 0 Å². The van der Waals surface area contributed by atoms with Crippen LogP contribution in [0.1, 0.15) is 18.1 Å². The molecule has 2 rings (SSSR count). The number of hydrogen-bond acceptors (Lipinski definition) is 4. The summed E-state index contributed by atoms with van der Waals surface area (Å²) in [5.74, 6) is 1.89. The van der Waals surface area contributed by atoms with Gasteiger partial charge < -0.3 is 19.5 Å². The zero-order chi connectivity index (χ0) is 18.1. The van der Waals surface area contributed by atoms with Crippen LogP contribution in [0, 0.1) is 0 Å². The maximum atomic E-state index is 12.0. The SMILES string of the molecule is CCOc1ccc(C=CC(=O)NCc2ccccc2OC)cc1OC. The van der Waals surface area contributed by atoms with E-state index in [2.05, 4.69) is 5.32 Å². The Bertz CT molecular complexity index is 740. The number of amides is 1. The van der Waals surface area contributed by atoms with Crippen LogP contribution in [0.4, 0.5) is 0 Å². The van der Waals surface area contributed by atoms with Gasteiger partial charge in [-0.3, -0.25) is 4.79 Å². The Hall–Kier alpha value is -2.95. The number of para-hydroxylation sites is 1. The molecule has 1 amide bonds. The van der Waals surface area contributed by atoms with E-state index in [9.17, 15) is 4.79 Å². The van der Waals surface area contributed by atoms with Gasteiger partial charge in [-0.05, 0) is 36.8 Å². The van der Waals surface area contributed by atoms with Crippen molar-refractivity contribution in [2.24, 2.45) is 0 Å². The standard InChI is InChI=1S/C20H23NO4/c1-4-25-18-11-9-15(13-19(18)24-3)10-12-20(22)21-14-16-7-5-6-8-17(16)23-2/h5-13H,4,14H2,1-3H3,(H,21,22). The number of nitrogens with one attached hydrogen (secondary N) is 1. The molecular formula is C20H23NO4. The molecule has 0 fully saturated rings. The molecule has 0 aliphatic carbocycles. The van der Waals surface area contributed by atoms with Gasteiger partial charge >= 0.3 is 0 Å². The summed E-state index contributed by atoms with van der Waals surface area (Å²) in [4.78, 5) is 12.0. The van der Waals surface area contributed by atoms with E-state index in [4.69, 9.17) is 14.2 Å². The molecule has 2 aromatic rings. The topological polar surface area (TPSA) is 56.8 Å². The van der Waals surface area contributed by atoms with Crippen LogP contribution in [0.5, 0.6) is 17.2 Å². The zero-order valence-corrected chi connectivity index (χ0v) is 14.7. The van der Waals surface area contributed by atoms with Crippen molar-refractivity contribution in [1.29, 1.82) is 0 Å². The Morgan fingerprint density at radius 2 is 1.80 bits per heavy atom. The van der Waals surface area contributed by atoms with E-state index in [1.54, 1.807) is 20.3 Å². The van der Waals surface area contributed by atoms with Crippen LogP contribution in [-0.2, 0) is 11.3 Å². The molecule has 5 heteroatoms. The zero-order valence-electron chi connectivity index (χ0n) is 14.7. The van der Waals surface area contributed by atoms with Crippen LogP contribution in [0.25, 0.3) is 6.08 Å². The van der Waals surface area contributed by atoms with Crippen molar-refractivity contribution in [1.82, 2.24) is 5.32 Å². The van der Waals surface area contributed by atoms with Gasteiger partial charge in [0.1, 0.15) is 5.75 Å². The summed E-state index contributed by atoms with van der Waals surface area (Å²) in [5.41, 5.74) is 1.78. The predicted molar refractivity (Wildman–Crippen MR) is 98.0 cm³/mol. The molecule has 0 atom stereocenters. The van der Waals surface area contributed by atoms with Gasteiger partial charge in [-0.2, -0.15) is 0 Å². The first kappa shape index (κ1) is 18.4. The monoisotopic (exact) mass is 341 g/mol. The third-order valence-corrected chi connectivity index (χ3v) is 3.56. The summed E-state index contributed by atoms with van der Waals surface area (Å²) in [6.07, 6.45) is 3.22. The number of hydrogen-bond donors (Lipinski definition) is 1. The van der Waals surface area contributed by atoms with Gasteiger partial charge in [-0.15, -0.1) is 0 Å². The molecule has 0 aliphatic heterocycles.